The van der Waals surface area contributed by atoms with Gasteiger partial charge in [0.15, 0.2) is 0 Å². The zero-order chi connectivity index (χ0) is 20.3. The van der Waals surface area contributed by atoms with E-state index < -0.39 is 0 Å². The van der Waals surface area contributed by atoms with E-state index in [2.05, 4.69) is 25.9 Å². The molecule has 2 heterocycles. The first-order valence-electron chi connectivity index (χ1n) is 9.79. The van der Waals surface area contributed by atoms with Crippen molar-refractivity contribution in [3.05, 3.63) is 58.0 Å². The monoisotopic (exact) mass is 383 g/mol. The van der Waals surface area contributed by atoms with E-state index in [4.69, 9.17) is 4.74 Å². The minimum absolute atomic E-state index is 0.0415. The molecule has 1 aromatic carbocycles. The fourth-order valence-electron chi connectivity index (χ4n) is 3.48. The smallest absolute Gasteiger partial charge is 0.267 e. The molecule has 0 atom stereocenters. The van der Waals surface area contributed by atoms with Gasteiger partial charge in [-0.2, -0.15) is 5.10 Å². The summed E-state index contributed by atoms with van der Waals surface area (Å²) in [6.07, 6.45) is 1.87. The van der Waals surface area contributed by atoms with Crippen LogP contribution in [0.25, 0.3) is 0 Å². The molecular formula is C22H29N3O3. The number of methoxy groups -OCH3 is 1. The number of benzene rings is 1. The van der Waals surface area contributed by atoms with Crippen molar-refractivity contribution in [2.24, 2.45) is 0 Å². The Labute approximate surface area is 166 Å². The number of likely N-dealkylation sites (tertiary alicyclic amines) is 1. The predicted octanol–water partition coefficient (Wildman–Crippen LogP) is 2.96. The van der Waals surface area contributed by atoms with Gasteiger partial charge in [-0.15, -0.1) is 0 Å². The number of hydrogen-bond acceptors (Lipinski definition) is 4. The van der Waals surface area contributed by atoms with E-state index in [1.54, 1.807) is 17.9 Å². The minimum atomic E-state index is -0.107. The fourth-order valence-corrected chi connectivity index (χ4v) is 3.48. The van der Waals surface area contributed by atoms with E-state index in [0.717, 1.165) is 29.8 Å². The first-order chi connectivity index (χ1) is 13.3. The number of carbonyl (C=O) groups is 1. The summed E-state index contributed by atoms with van der Waals surface area (Å²) in [5.41, 5.74) is 1.70. The molecule has 0 unspecified atom stereocenters. The van der Waals surface area contributed by atoms with Crippen molar-refractivity contribution in [3.8, 4) is 5.75 Å². The number of carbonyl (C=O) groups excluding carboxylic acids is 1. The van der Waals surface area contributed by atoms with Gasteiger partial charge in [-0.25, -0.2) is 4.68 Å². The molecule has 3 rings (SSSR count). The Hall–Kier alpha value is -2.63. The van der Waals surface area contributed by atoms with Crippen molar-refractivity contribution in [1.82, 2.24) is 14.7 Å². The molecule has 6 nitrogen and oxygen atoms in total. The highest BCUT2D eigenvalue weighted by molar-refractivity contribution is 5.78. The third-order valence-electron chi connectivity index (χ3n) is 5.27. The minimum Gasteiger partial charge on any atom is -0.497 e. The second-order valence-electron chi connectivity index (χ2n) is 8.39. The SMILES string of the molecule is COc1ccc(CC(=O)N2CCC(n3nc(C(C)(C)C)ccc3=O)CC2)cc1. The van der Waals surface area contributed by atoms with Crippen molar-refractivity contribution in [3.63, 3.8) is 0 Å². The summed E-state index contributed by atoms with van der Waals surface area (Å²) in [6.45, 7) is 7.56. The molecule has 1 aromatic heterocycles. The lowest BCUT2D eigenvalue weighted by atomic mass is 9.92. The van der Waals surface area contributed by atoms with Crippen molar-refractivity contribution < 1.29 is 9.53 Å². The Balaban J connectivity index is 1.62. The van der Waals surface area contributed by atoms with Gasteiger partial charge in [0.2, 0.25) is 5.91 Å². The molecule has 1 aliphatic rings. The lowest BCUT2D eigenvalue weighted by Gasteiger charge is -2.33. The number of nitrogens with zero attached hydrogens (tertiary/aromatic N) is 3. The summed E-state index contributed by atoms with van der Waals surface area (Å²) >= 11 is 0. The normalized spacial score (nSPS) is 15.5. The van der Waals surface area contributed by atoms with Crippen molar-refractivity contribution >= 4 is 5.91 Å². The molecule has 1 aliphatic heterocycles. The summed E-state index contributed by atoms with van der Waals surface area (Å²) in [6, 6.07) is 11.0. The number of amides is 1. The molecular weight excluding hydrogens is 354 g/mol. The Morgan fingerprint density at radius 1 is 1.11 bits per heavy atom. The van der Waals surface area contributed by atoms with Gasteiger partial charge in [0.1, 0.15) is 5.75 Å². The van der Waals surface area contributed by atoms with Crippen molar-refractivity contribution in [2.45, 2.75) is 51.5 Å². The van der Waals surface area contributed by atoms with Crippen molar-refractivity contribution in [2.75, 3.05) is 20.2 Å². The summed E-state index contributed by atoms with van der Waals surface area (Å²) in [7, 11) is 1.63. The Morgan fingerprint density at radius 3 is 2.32 bits per heavy atom. The van der Waals surface area contributed by atoms with Gasteiger partial charge < -0.3 is 9.64 Å². The maximum Gasteiger partial charge on any atom is 0.267 e. The van der Waals surface area contributed by atoms with E-state index >= 15 is 0 Å². The summed E-state index contributed by atoms with van der Waals surface area (Å²) in [5, 5.41) is 4.61. The molecule has 28 heavy (non-hydrogen) atoms. The van der Waals surface area contributed by atoms with Crippen LogP contribution in [0.2, 0.25) is 0 Å². The molecule has 0 saturated carbocycles. The predicted molar refractivity (Wildman–Crippen MR) is 109 cm³/mol. The number of piperidine rings is 1. The second-order valence-corrected chi connectivity index (χ2v) is 8.39. The van der Waals surface area contributed by atoms with Crippen LogP contribution in [0.4, 0.5) is 0 Å². The molecule has 2 aromatic rings. The first kappa shape index (κ1) is 20.1. The third-order valence-corrected chi connectivity index (χ3v) is 5.27. The maximum absolute atomic E-state index is 12.6. The molecule has 0 N–H and O–H groups in total. The van der Waals surface area contributed by atoms with Crippen LogP contribution >= 0.6 is 0 Å². The number of hydrogen-bond donors (Lipinski definition) is 0. The van der Waals surface area contributed by atoms with Crippen LogP contribution in [0.1, 0.15) is 50.9 Å². The summed E-state index contributed by atoms with van der Waals surface area (Å²) < 4.78 is 6.77. The molecule has 0 bridgehead atoms. The highest BCUT2D eigenvalue weighted by Crippen LogP contribution is 2.23. The molecule has 6 heteroatoms. The number of aromatic nitrogens is 2. The number of ether oxygens (including phenoxy) is 1. The van der Waals surface area contributed by atoms with Crippen LogP contribution in [0.5, 0.6) is 5.75 Å². The van der Waals surface area contributed by atoms with Gasteiger partial charge >= 0.3 is 0 Å². The Bertz CT molecular complexity index is 873. The first-order valence-corrected chi connectivity index (χ1v) is 9.79. The zero-order valence-corrected chi connectivity index (χ0v) is 17.1. The summed E-state index contributed by atoms with van der Waals surface area (Å²) in [4.78, 5) is 26.8. The van der Waals surface area contributed by atoms with Gasteiger partial charge in [0.05, 0.1) is 25.3 Å². The molecule has 0 spiro atoms. The molecule has 0 aliphatic carbocycles. The summed E-state index contributed by atoms with van der Waals surface area (Å²) in [5.74, 6) is 0.903. The molecule has 0 radical (unpaired) electrons. The standard InChI is InChI=1S/C22H29N3O3/c1-22(2,3)19-9-10-20(26)25(23-19)17-11-13-24(14-12-17)21(27)15-16-5-7-18(28-4)8-6-16/h5-10,17H,11-15H2,1-4H3. The topological polar surface area (TPSA) is 64.4 Å². The van der Waals surface area contributed by atoms with E-state index in [1.165, 1.54) is 0 Å². The van der Waals surface area contributed by atoms with Crippen molar-refractivity contribution in [1.29, 1.82) is 0 Å². The largest absolute Gasteiger partial charge is 0.497 e. The van der Waals surface area contributed by atoms with Gasteiger partial charge in [0.25, 0.3) is 5.56 Å². The van der Waals surface area contributed by atoms with Crippen LogP contribution < -0.4 is 10.3 Å². The average molecular weight is 383 g/mol. The van der Waals surface area contributed by atoms with Gasteiger partial charge in [0, 0.05) is 24.6 Å². The molecule has 1 saturated heterocycles. The highest BCUT2D eigenvalue weighted by atomic mass is 16.5. The number of rotatable bonds is 4. The Kier molecular flexibility index (Phi) is 5.87. The van der Waals surface area contributed by atoms with Crippen LogP contribution in [0.3, 0.4) is 0 Å². The van der Waals surface area contributed by atoms with Gasteiger partial charge in [-0.3, -0.25) is 9.59 Å². The average Bonchev–Trinajstić information content (AvgIpc) is 2.68. The van der Waals surface area contributed by atoms with E-state index in [-0.39, 0.29) is 22.9 Å². The van der Waals surface area contributed by atoms with Crippen LogP contribution in [0.15, 0.2) is 41.2 Å². The van der Waals surface area contributed by atoms with E-state index in [9.17, 15) is 9.59 Å². The fraction of sp³-hybridized carbons (Fsp3) is 0.500. The van der Waals surface area contributed by atoms with Crippen LogP contribution in [-0.4, -0.2) is 40.8 Å². The third kappa shape index (κ3) is 4.61. The lowest BCUT2D eigenvalue weighted by molar-refractivity contribution is -0.131. The zero-order valence-electron chi connectivity index (χ0n) is 17.1. The van der Waals surface area contributed by atoms with Gasteiger partial charge in [-0.05, 0) is 36.6 Å². The molecule has 150 valence electrons. The van der Waals surface area contributed by atoms with Crippen LogP contribution in [-0.2, 0) is 16.6 Å². The highest BCUT2D eigenvalue weighted by Gasteiger charge is 2.26. The van der Waals surface area contributed by atoms with Gasteiger partial charge in [-0.1, -0.05) is 32.9 Å². The maximum atomic E-state index is 12.6. The lowest BCUT2D eigenvalue weighted by Crippen LogP contribution is -2.42. The van der Waals surface area contributed by atoms with E-state index in [0.29, 0.717) is 19.5 Å². The van der Waals surface area contributed by atoms with Crippen LogP contribution in [0, 0.1) is 0 Å². The quantitative estimate of drug-likeness (QED) is 0.814. The Morgan fingerprint density at radius 2 is 1.75 bits per heavy atom. The second kappa shape index (κ2) is 8.17. The van der Waals surface area contributed by atoms with E-state index in [1.807, 2.05) is 35.2 Å². The molecule has 1 amide bonds. The molecule has 1 fully saturated rings.